The lowest BCUT2D eigenvalue weighted by atomic mass is 9.93. The van der Waals surface area contributed by atoms with Crippen LogP contribution in [0.5, 0.6) is 0 Å². The van der Waals surface area contributed by atoms with E-state index in [1.165, 1.54) is 6.42 Å². The molecule has 1 aromatic rings. The van der Waals surface area contributed by atoms with Gasteiger partial charge in [-0.25, -0.2) is 9.67 Å². The molecule has 1 saturated heterocycles. The lowest BCUT2D eigenvalue weighted by Gasteiger charge is -2.46. The number of aryl methyl sites for hydroxylation is 1. The maximum absolute atomic E-state index is 4.47. The Labute approximate surface area is 129 Å². The smallest absolute Gasteiger partial charge is 0.141 e. The van der Waals surface area contributed by atoms with E-state index in [0.717, 1.165) is 44.3 Å². The van der Waals surface area contributed by atoms with Crippen molar-refractivity contribution in [2.45, 2.75) is 72.1 Å². The average molecular weight is 293 g/mol. The summed E-state index contributed by atoms with van der Waals surface area (Å²) < 4.78 is 2.05. The first kappa shape index (κ1) is 16.4. The minimum Gasteiger partial charge on any atom is -0.311 e. The van der Waals surface area contributed by atoms with Gasteiger partial charge in [0.1, 0.15) is 12.2 Å². The third-order valence-electron chi connectivity index (χ3n) is 4.34. The van der Waals surface area contributed by atoms with Crippen LogP contribution in [-0.2, 0) is 13.1 Å². The van der Waals surface area contributed by atoms with Crippen molar-refractivity contribution >= 4 is 0 Å². The Morgan fingerprint density at radius 3 is 2.86 bits per heavy atom. The molecule has 0 radical (unpaired) electrons. The molecule has 0 spiro atoms. The highest BCUT2D eigenvalue weighted by Crippen LogP contribution is 2.23. The second-order valence-corrected chi connectivity index (χ2v) is 7.30. The normalized spacial score (nSPS) is 22.9. The van der Waals surface area contributed by atoms with Gasteiger partial charge in [0.2, 0.25) is 0 Å². The van der Waals surface area contributed by atoms with Gasteiger partial charge in [0.25, 0.3) is 0 Å². The number of aromatic nitrogens is 3. The van der Waals surface area contributed by atoms with Gasteiger partial charge in [-0.15, -0.1) is 0 Å². The second kappa shape index (κ2) is 6.88. The molecular formula is C16H31N5. The van der Waals surface area contributed by atoms with Crippen LogP contribution in [0.1, 0.15) is 53.3 Å². The summed E-state index contributed by atoms with van der Waals surface area (Å²) in [5, 5.41) is 8.06. The zero-order valence-corrected chi connectivity index (χ0v) is 14.3. The zero-order chi connectivity index (χ0) is 15.5. The van der Waals surface area contributed by atoms with E-state index in [-0.39, 0.29) is 5.54 Å². The highest BCUT2D eigenvalue weighted by Gasteiger charge is 2.34. The monoisotopic (exact) mass is 293 g/mol. The lowest BCUT2D eigenvalue weighted by Crippen LogP contribution is -2.61. The van der Waals surface area contributed by atoms with E-state index >= 15 is 0 Å². The zero-order valence-electron chi connectivity index (χ0n) is 14.3. The number of piperazine rings is 1. The van der Waals surface area contributed by atoms with Gasteiger partial charge in [0.15, 0.2) is 0 Å². The van der Waals surface area contributed by atoms with Crippen molar-refractivity contribution < 1.29 is 0 Å². The Bertz CT molecular complexity index is 438. The maximum Gasteiger partial charge on any atom is 0.141 e. The molecule has 2 heterocycles. The van der Waals surface area contributed by atoms with Crippen LogP contribution < -0.4 is 5.32 Å². The Morgan fingerprint density at radius 1 is 1.43 bits per heavy atom. The van der Waals surface area contributed by atoms with Crippen LogP contribution in [0.25, 0.3) is 0 Å². The first-order chi connectivity index (χ1) is 9.92. The average Bonchev–Trinajstić information content (AvgIpc) is 2.81. The molecule has 120 valence electrons. The lowest BCUT2D eigenvalue weighted by molar-refractivity contribution is 0.0499. The van der Waals surface area contributed by atoms with Crippen molar-refractivity contribution in [1.29, 1.82) is 0 Å². The maximum atomic E-state index is 4.47. The summed E-state index contributed by atoms with van der Waals surface area (Å²) >= 11 is 0. The molecule has 0 aliphatic carbocycles. The molecule has 5 heteroatoms. The molecule has 2 rings (SSSR count). The largest absolute Gasteiger partial charge is 0.311 e. The highest BCUT2D eigenvalue weighted by molar-refractivity contribution is 4.96. The van der Waals surface area contributed by atoms with E-state index in [4.69, 9.17) is 0 Å². The molecule has 0 bridgehead atoms. The summed E-state index contributed by atoms with van der Waals surface area (Å²) in [5.41, 5.74) is 0.163. The molecule has 1 aliphatic heterocycles. The summed E-state index contributed by atoms with van der Waals surface area (Å²) in [6, 6.07) is 0.584. The van der Waals surface area contributed by atoms with Gasteiger partial charge in [-0.1, -0.05) is 20.8 Å². The van der Waals surface area contributed by atoms with Crippen LogP contribution in [-0.4, -0.2) is 44.3 Å². The Kier molecular flexibility index (Phi) is 5.38. The van der Waals surface area contributed by atoms with Crippen LogP contribution in [0.15, 0.2) is 6.33 Å². The number of nitrogens with one attached hydrogen (secondary N) is 1. The number of rotatable bonds is 6. The van der Waals surface area contributed by atoms with Crippen molar-refractivity contribution in [3.63, 3.8) is 0 Å². The fourth-order valence-electron chi connectivity index (χ4n) is 3.07. The molecule has 1 aliphatic rings. The summed E-state index contributed by atoms with van der Waals surface area (Å²) in [6.07, 6.45) is 4.01. The quantitative estimate of drug-likeness (QED) is 0.874. The molecule has 1 aromatic heterocycles. The van der Waals surface area contributed by atoms with Crippen LogP contribution >= 0.6 is 0 Å². The van der Waals surface area contributed by atoms with Gasteiger partial charge >= 0.3 is 0 Å². The van der Waals surface area contributed by atoms with Crippen molar-refractivity contribution in [3.05, 3.63) is 12.2 Å². The molecule has 1 N–H and O–H groups in total. The highest BCUT2D eigenvalue weighted by atomic mass is 15.4. The number of nitrogens with zero attached hydrogens (tertiary/aromatic N) is 4. The fraction of sp³-hybridized carbons (Fsp3) is 0.875. The second-order valence-electron chi connectivity index (χ2n) is 7.30. The Morgan fingerprint density at radius 2 is 2.19 bits per heavy atom. The number of hydrogen-bond acceptors (Lipinski definition) is 4. The summed E-state index contributed by atoms with van der Waals surface area (Å²) in [7, 11) is 0. The molecule has 0 aromatic carbocycles. The summed E-state index contributed by atoms with van der Waals surface area (Å²) in [6.45, 7) is 15.4. The fourth-order valence-corrected chi connectivity index (χ4v) is 3.07. The van der Waals surface area contributed by atoms with Crippen LogP contribution in [0.2, 0.25) is 0 Å². The molecule has 5 nitrogen and oxygen atoms in total. The molecule has 1 fully saturated rings. The van der Waals surface area contributed by atoms with Gasteiger partial charge in [-0.05, 0) is 32.6 Å². The molecule has 0 saturated carbocycles. The van der Waals surface area contributed by atoms with Gasteiger partial charge in [0.05, 0.1) is 6.54 Å². The van der Waals surface area contributed by atoms with E-state index in [0.29, 0.717) is 6.04 Å². The predicted octanol–water partition coefficient (Wildman–Crippen LogP) is 2.29. The minimum atomic E-state index is 0.163. The first-order valence-corrected chi connectivity index (χ1v) is 8.27. The van der Waals surface area contributed by atoms with Crippen LogP contribution in [0.4, 0.5) is 0 Å². The summed E-state index contributed by atoms with van der Waals surface area (Å²) in [5.74, 6) is 1.82. The Balaban J connectivity index is 2.05. The third kappa shape index (κ3) is 4.27. The molecule has 1 unspecified atom stereocenters. The van der Waals surface area contributed by atoms with Crippen LogP contribution in [0, 0.1) is 5.92 Å². The first-order valence-electron chi connectivity index (χ1n) is 8.27. The van der Waals surface area contributed by atoms with Gasteiger partial charge in [0, 0.05) is 31.2 Å². The Hall–Kier alpha value is -0.940. The van der Waals surface area contributed by atoms with E-state index in [9.17, 15) is 0 Å². The van der Waals surface area contributed by atoms with E-state index in [1.54, 1.807) is 6.33 Å². The standard InChI is InChI=1S/C16H31N5/c1-6-7-21-15(18-12-19-21)10-20-9-14(8-13(2)3)17-11-16(20,4)5/h12-14,17H,6-11H2,1-5H3. The molecule has 21 heavy (non-hydrogen) atoms. The topological polar surface area (TPSA) is 46.0 Å². The van der Waals surface area contributed by atoms with E-state index in [1.807, 2.05) is 0 Å². The summed E-state index contributed by atoms with van der Waals surface area (Å²) in [4.78, 5) is 7.03. The third-order valence-corrected chi connectivity index (χ3v) is 4.34. The van der Waals surface area contributed by atoms with Crippen LogP contribution in [0.3, 0.4) is 0 Å². The predicted molar refractivity (Wildman–Crippen MR) is 86.0 cm³/mol. The molecule has 0 amide bonds. The van der Waals surface area contributed by atoms with E-state index in [2.05, 4.69) is 59.6 Å². The van der Waals surface area contributed by atoms with Gasteiger partial charge in [-0.3, -0.25) is 4.90 Å². The van der Waals surface area contributed by atoms with Crippen molar-refractivity contribution in [2.24, 2.45) is 5.92 Å². The molecular weight excluding hydrogens is 262 g/mol. The molecule has 1 atom stereocenters. The minimum absolute atomic E-state index is 0.163. The van der Waals surface area contributed by atoms with Crippen molar-refractivity contribution in [3.8, 4) is 0 Å². The van der Waals surface area contributed by atoms with E-state index < -0.39 is 0 Å². The van der Waals surface area contributed by atoms with Crippen molar-refractivity contribution in [2.75, 3.05) is 13.1 Å². The number of hydrogen-bond donors (Lipinski definition) is 1. The van der Waals surface area contributed by atoms with Gasteiger partial charge < -0.3 is 5.32 Å². The van der Waals surface area contributed by atoms with Crippen molar-refractivity contribution in [1.82, 2.24) is 25.0 Å². The SMILES string of the molecule is CCCn1ncnc1CN1CC(CC(C)C)NCC1(C)C. The van der Waals surface area contributed by atoms with Gasteiger partial charge in [-0.2, -0.15) is 5.10 Å².